The van der Waals surface area contributed by atoms with Gasteiger partial charge in [0.1, 0.15) is 17.7 Å². The molecule has 0 aromatic carbocycles. The van der Waals surface area contributed by atoms with Crippen LogP contribution in [-0.4, -0.2) is 11.1 Å². The monoisotopic (exact) mass is 258 g/mol. The SMILES string of the molecule is CC1CCC(C(C)C)C(Oc2ncccc2C#N)C1. The normalized spacial score (nSPS) is 27.0. The van der Waals surface area contributed by atoms with E-state index in [0.29, 0.717) is 29.2 Å². The minimum Gasteiger partial charge on any atom is -0.473 e. The molecule has 0 amide bonds. The first-order valence-corrected chi connectivity index (χ1v) is 7.13. The van der Waals surface area contributed by atoms with E-state index in [0.717, 1.165) is 6.42 Å². The van der Waals surface area contributed by atoms with Crippen molar-refractivity contribution in [3.05, 3.63) is 23.9 Å². The van der Waals surface area contributed by atoms with Gasteiger partial charge in [0.05, 0.1) is 0 Å². The van der Waals surface area contributed by atoms with E-state index < -0.39 is 0 Å². The Kier molecular flexibility index (Phi) is 4.42. The molecule has 1 aliphatic rings. The lowest BCUT2D eigenvalue weighted by Gasteiger charge is -2.37. The Morgan fingerprint density at radius 3 is 2.89 bits per heavy atom. The van der Waals surface area contributed by atoms with Crippen LogP contribution in [0, 0.1) is 29.1 Å². The fourth-order valence-electron chi connectivity index (χ4n) is 2.96. The van der Waals surface area contributed by atoms with Gasteiger partial charge in [-0.25, -0.2) is 4.98 Å². The molecule has 0 spiro atoms. The second-order valence-corrected chi connectivity index (χ2v) is 5.95. The topological polar surface area (TPSA) is 45.9 Å². The minimum absolute atomic E-state index is 0.186. The summed E-state index contributed by atoms with van der Waals surface area (Å²) in [6, 6.07) is 5.69. The predicted octanol–water partition coefficient (Wildman–Crippen LogP) is 3.79. The average molecular weight is 258 g/mol. The maximum atomic E-state index is 9.10. The molecule has 0 aliphatic heterocycles. The third-order valence-electron chi connectivity index (χ3n) is 4.12. The van der Waals surface area contributed by atoms with Crippen molar-refractivity contribution in [1.29, 1.82) is 5.26 Å². The molecule has 1 fully saturated rings. The van der Waals surface area contributed by atoms with Crippen molar-refractivity contribution in [1.82, 2.24) is 4.98 Å². The summed E-state index contributed by atoms with van der Waals surface area (Å²) in [6.45, 7) is 6.78. The van der Waals surface area contributed by atoms with Gasteiger partial charge in [-0.2, -0.15) is 5.26 Å². The molecule has 1 saturated carbocycles. The molecule has 0 bridgehead atoms. The van der Waals surface area contributed by atoms with Crippen LogP contribution in [0.1, 0.15) is 45.6 Å². The number of nitrogens with zero attached hydrogens (tertiary/aromatic N) is 2. The summed E-state index contributed by atoms with van der Waals surface area (Å²) in [4.78, 5) is 4.22. The molecular weight excluding hydrogens is 236 g/mol. The lowest BCUT2D eigenvalue weighted by Crippen LogP contribution is -2.36. The number of nitriles is 1. The zero-order valence-corrected chi connectivity index (χ0v) is 12.0. The number of pyridine rings is 1. The van der Waals surface area contributed by atoms with Crippen molar-refractivity contribution in [2.75, 3.05) is 0 Å². The number of rotatable bonds is 3. The summed E-state index contributed by atoms with van der Waals surface area (Å²) >= 11 is 0. The molecule has 19 heavy (non-hydrogen) atoms. The van der Waals surface area contributed by atoms with Crippen molar-refractivity contribution in [3.63, 3.8) is 0 Å². The van der Waals surface area contributed by atoms with Gasteiger partial charge in [-0.15, -0.1) is 0 Å². The molecule has 3 unspecified atom stereocenters. The van der Waals surface area contributed by atoms with E-state index >= 15 is 0 Å². The third-order valence-corrected chi connectivity index (χ3v) is 4.12. The Hall–Kier alpha value is -1.56. The first-order valence-electron chi connectivity index (χ1n) is 7.13. The van der Waals surface area contributed by atoms with Crippen LogP contribution in [0.2, 0.25) is 0 Å². The van der Waals surface area contributed by atoms with Crippen LogP contribution >= 0.6 is 0 Å². The van der Waals surface area contributed by atoms with E-state index in [1.165, 1.54) is 12.8 Å². The molecule has 1 aliphatic carbocycles. The second kappa shape index (κ2) is 6.06. The van der Waals surface area contributed by atoms with E-state index in [1.807, 2.05) is 0 Å². The van der Waals surface area contributed by atoms with Crippen LogP contribution in [0.4, 0.5) is 0 Å². The summed E-state index contributed by atoms with van der Waals surface area (Å²) in [6.07, 6.45) is 5.41. The molecule has 3 atom stereocenters. The van der Waals surface area contributed by atoms with Crippen LogP contribution in [0.5, 0.6) is 5.88 Å². The van der Waals surface area contributed by atoms with Crippen molar-refractivity contribution >= 4 is 0 Å². The van der Waals surface area contributed by atoms with Gasteiger partial charge in [0.2, 0.25) is 5.88 Å². The van der Waals surface area contributed by atoms with E-state index in [9.17, 15) is 0 Å². The highest BCUT2D eigenvalue weighted by atomic mass is 16.5. The molecule has 3 nitrogen and oxygen atoms in total. The predicted molar refractivity (Wildman–Crippen MR) is 74.7 cm³/mol. The number of aromatic nitrogens is 1. The number of hydrogen-bond acceptors (Lipinski definition) is 3. The molecule has 2 rings (SSSR count). The number of hydrogen-bond donors (Lipinski definition) is 0. The lowest BCUT2D eigenvalue weighted by molar-refractivity contribution is 0.0424. The van der Waals surface area contributed by atoms with E-state index in [2.05, 4.69) is 31.8 Å². The molecule has 0 radical (unpaired) electrons. The third kappa shape index (κ3) is 3.26. The highest BCUT2D eigenvalue weighted by Crippen LogP contribution is 2.36. The van der Waals surface area contributed by atoms with E-state index in [4.69, 9.17) is 10.00 Å². The smallest absolute Gasteiger partial charge is 0.231 e. The maximum absolute atomic E-state index is 9.10. The number of ether oxygens (including phenoxy) is 1. The molecule has 1 aromatic heterocycles. The van der Waals surface area contributed by atoms with Crippen molar-refractivity contribution in [2.45, 2.75) is 46.1 Å². The van der Waals surface area contributed by atoms with Gasteiger partial charge in [-0.05, 0) is 42.7 Å². The van der Waals surface area contributed by atoms with E-state index in [1.54, 1.807) is 18.3 Å². The van der Waals surface area contributed by atoms with Gasteiger partial charge in [0.15, 0.2) is 0 Å². The second-order valence-electron chi connectivity index (χ2n) is 5.95. The Morgan fingerprint density at radius 1 is 1.42 bits per heavy atom. The van der Waals surface area contributed by atoms with Gasteiger partial charge in [0, 0.05) is 6.20 Å². The van der Waals surface area contributed by atoms with E-state index in [-0.39, 0.29) is 6.10 Å². The zero-order valence-electron chi connectivity index (χ0n) is 12.0. The van der Waals surface area contributed by atoms with Gasteiger partial charge in [0.25, 0.3) is 0 Å². The molecule has 1 heterocycles. The van der Waals surface area contributed by atoms with Gasteiger partial charge >= 0.3 is 0 Å². The minimum atomic E-state index is 0.186. The van der Waals surface area contributed by atoms with Crippen molar-refractivity contribution in [2.24, 2.45) is 17.8 Å². The highest BCUT2D eigenvalue weighted by Gasteiger charge is 2.32. The summed E-state index contributed by atoms with van der Waals surface area (Å²) in [5, 5.41) is 9.10. The zero-order chi connectivity index (χ0) is 13.8. The summed E-state index contributed by atoms with van der Waals surface area (Å²) < 4.78 is 6.09. The molecule has 102 valence electrons. The Morgan fingerprint density at radius 2 is 2.21 bits per heavy atom. The molecule has 3 heteroatoms. The fraction of sp³-hybridized carbons (Fsp3) is 0.625. The first kappa shape index (κ1) is 13.9. The Bertz CT molecular complexity index is 464. The van der Waals surface area contributed by atoms with Crippen LogP contribution < -0.4 is 4.74 Å². The Balaban J connectivity index is 2.17. The van der Waals surface area contributed by atoms with Crippen LogP contribution in [0.15, 0.2) is 18.3 Å². The molecule has 0 N–H and O–H groups in total. The lowest BCUT2D eigenvalue weighted by atomic mass is 9.75. The average Bonchev–Trinajstić information content (AvgIpc) is 2.39. The first-order chi connectivity index (χ1) is 9.11. The molecule has 1 aromatic rings. The largest absolute Gasteiger partial charge is 0.473 e. The Labute approximate surface area is 115 Å². The van der Waals surface area contributed by atoms with Crippen LogP contribution in [-0.2, 0) is 0 Å². The fourth-order valence-corrected chi connectivity index (χ4v) is 2.96. The standard InChI is InChI=1S/C16H22N2O/c1-11(2)14-7-6-12(3)9-15(14)19-16-13(10-17)5-4-8-18-16/h4-5,8,11-12,14-15H,6-7,9H2,1-3H3. The van der Waals surface area contributed by atoms with Gasteiger partial charge < -0.3 is 4.74 Å². The summed E-state index contributed by atoms with van der Waals surface area (Å²) in [7, 11) is 0. The van der Waals surface area contributed by atoms with Crippen molar-refractivity contribution < 1.29 is 4.74 Å². The van der Waals surface area contributed by atoms with Crippen LogP contribution in [0.25, 0.3) is 0 Å². The molecule has 0 saturated heterocycles. The van der Waals surface area contributed by atoms with Crippen molar-refractivity contribution in [3.8, 4) is 11.9 Å². The molecular formula is C16H22N2O. The maximum Gasteiger partial charge on any atom is 0.231 e. The van der Waals surface area contributed by atoms with Crippen LogP contribution in [0.3, 0.4) is 0 Å². The summed E-state index contributed by atoms with van der Waals surface area (Å²) in [5.41, 5.74) is 0.531. The highest BCUT2D eigenvalue weighted by molar-refractivity contribution is 5.37. The van der Waals surface area contributed by atoms with Gasteiger partial charge in [-0.1, -0.05) is 27.2 Å². The summed E-state index contributed by atoms with van der Waals surface area (Å²) in [5.74, 6) is 2.35. The quantitative estimate of drug-likeness (QED) is 0.828. The van der Waals surface area contributed by atoms with Gasteiger partial charge in [-0.3, -0.25) is 0 Å².